The maximum absolute atomic E-state index is 14.9. The van der Waals surface area contributed by atoms with Gasteiger partial charge in [0.05, 0.1) is 42.6 Å². The Morgan fingerprint density at radius 1 is 0.891 bits per heavy atom. The Kier molecular flexibility index (Phi) is 8.90. The third kappa shape index (κ3) is 5.88. The first kappa shape index (κ1) is 31.0. The number of ether oxygens (including phenoxy) is 2. The number of alkyl halides is 1. The van der Waals surface area contributed by atoms with Crippen LogP contribution < -0.4 is 4.74 Å². The topological polar surface area (TPSA) is 64.2 Å². The third-order valence-electron chi connectivity index (χ3n) is 7.67. The molecule has 2 unspecified atom stereocenters. The minimum absolute atomic E-state index is 0.361. The summed E-state index contributed by atoms with van der Waals surface area (Å²) in [5.74, 6) is -1.56. The predicted molar refractivity (Wildman–Crippen MR) is 182 cm³/mol. The van der Waals surface area contributed by atoms with E-state index in [4.69, 9.17) is 9.47 Å². The van der Waals surface area contributed by atoms with Crippen LogP contribution in [0.5, 0.6) is 5.75 Å². The Morgan fingerprint density at radius 3 is 2.37 bits per heavy atom. The van der Waals surface area contributed by atoms with E-state index in [2.05, 4.69) is 15.3 Å². The van der Waals surface area contributed by atoms with E-state index in [1.54, 1.807) is 42.5 Å². The lowest BCUT2D eigenvalue weighted by molar-refractivity contribution is 0.0600. The minimum atomic E-state index is -1.18. The number of hydrogen-bond acceptors (Lipinski definition) is 5. The molecule has 0 N–H and O–H groups in total. The molecule has 0 aliphatic heterocycles. The van der Waals surface area contributed by atoms with Crippen molar-refractivity contribution in [3.05, 3.63) is 132 Å². The Balaban J connectivity index is 1.62. The van der Waals surface area contributed by atoms with Crippen LogP contribution in [0.3, 0.4) is 0 Å². The first-order valence-electron chi connectivity index (χ1n) is 14.2. The van der Waals surface area contributed by atoms with Gasteiger partial charge in [-0.15, -0.1) is 0 Å². The van der Waals surface area contributed by atoms with Crippen molar-refractivity contribution < 1.29 is 23.0 Å². The van der Waals surface area contributed by atoms with Gasteiger partial charge in [-0.25, -0.2) is 13.6 Å². The van der Waals surface area contributed by atoms with Crippen molar-refractivity contribution in [3.63, 3.8) is 0 Å². The fraction of sp³-hybridized carbons (Fsp3) is 0.0811. The fourth-order valence-corrected chi connectivity index (χ4v) is 6.73. The largest absolute Gasteiger partial charge is 0.496 e. The summed E-state index contributed by atoms with van der Waals surface area (Å²) in [4.78, 5) is 13.0. The van der Waals surface area contributed by atoms with Gasteiger partial charge in [0, 0.05) is 32.5 Å². The summed E-state index contributed by atoms with van der Waals surface area (Å²) in [6.07, 6.45) is 0. The lowest BCUT2D eigenvalue weighted by atomic mass is 9.93. The van der Waals surface area contributed by atoms with Gasteiger partial charge in [-0.05, 0) is 83.7 Å². The molecule has 46 heavy (non-hydrogen) atoms. The third-order valence-corrected chi connectivity index (χ3v) is 9.10. The van der Waals surface area contributed by atoms with E-state index >= 15 is 0 Å². The molecule has 9 heteroatoms. The molecule has 228 valence electrons. The van der Waals surface area contributed by atoms with Crippen LogP contribution in [0, 0.1) is 17.1 Å². The number of carbonyl (C=O) groups excluding carboxylic acids is 1. The van der Waals surface area contributed by atoms with E-state index < -0.39 is 17.7 Å². The van der Waals surface area contributed by atoms with Gasteiger partial charge in [-0.1, -0.05) is 57.8 Å². The molecule has 0 saturated heterocycles. The quantitative estimate of drug-likeness (QED) is 0.121. The molecule has 0 spiro atoms. The van der Waals surface area contributed by atoms with Crippen LogP contribution >= 0.6 is 21.2 Å². The maximum atomic E-state index is 14.9. The Morgan fingerprint density at radius 2 is 1.65 bits per heavy atom. The molecule has 1 aromatic heterocycles. The first-order chi connectivity index (χ1) is 22.3. The zero-order valence-corrected chi connectivity index (χ0v) is 26.8. The highest BCUT2D eigenvalue weighted by molar-refractivity contribution is 7.98. The van der Waals surface area contributed by atoms with Gasteiger partial charge in [0.1, 0.15) is 17.5 Å². The van der Waals surface area contributed by atoms with Gasteiger partial charge in [0.15, 0.2) is 0 Å². The second-order valence-corrected chi connectivity index (χ2v) is 12.0. The zero-order valence-electron chi connectivity index (χ0n) is 24.8. The monoisotopic (exact) mass is 648 g/mol. The van der Waals surface area contributed by atoms with E-state index in [0.717, 1.165) is 32.8 Å². The maximum Gasteiger partial charge on any atom is 0.337 e. The Bertz CT molecular complexity index is 2140. The van der Waals surface area contributed by atoms with Crippen LogP contribution in [0.1, 0.15) is 27.4 Å². The van der Waals surface area contributed by atoms with Crippen LogP contribution in [0.2, 0.25) is 0 Å². The number of esters is 1. The average Bonchev–Trinajstić information content (AvgIpc) is 3.40. The van der Waals surface area contributed by atoms with Crippen LogP contribution in [0.15, 0.2) is 114 Å². The molecular weight excluding hydrogens is 621 g/mol. The van der Waals surface area contributed by atoms with Crippen LogP contribution in [-0.2, 0) is 4.74 Å². The highest BCUT2D eigenvalue weighted by atomic mass is 32.2. The first-order valence-corrected chi connectivity index (χ1v) is 15.7. The second kappa shape index (κ2) is 13.2. The second-order valence-electron chi connectivity index (χ2n) is 10.4. The van der Waals surface area contributed by atoms with Crippen molar-refractivity contribution in [2.24, 2.45) is 0 Å². The van der Waals surface area contributed by atoms with Crippen molar-refractivity contribution in [2.45, 2.75) is 10.8 Å². The van der Waals surface area contributed by atoms with E-state index in [0.29, 0.717) is 39.0 Å². The number of hydrogen-bond donors (Lipinski definition) is 0. The highest BCUT2D eigenvalue weighted by Gasteiger charge is 2.24. The molecule has 0 radical (unpaired) electrons. The van der Waals surface area contributed by atoms with Crippen LogP contribution in [0.25, 0.3) is 44.4 Å². The Labute approximate surface area is 271 Å². The minimum Gasteiger partial charge on any atom is -0.496 e. The van der Waals surface area contributed by atoms with Gasteiger partial charge in [-0.3, -0.25) is 3.97 Å². The fourth-order valence-electron chi connectivity index (χ4n) is 5.49. The predicted octanol–water partition coefficient (Wildman–Crippen LogP) is 9.85. The standard InChI is InChI=1S/C37H27F2N2O3PS/c1-43-33-19-25(37(42)44-2)12-16-29(33)23-7-5-8-24(18-23)35-34(30-9-4-3-6-26(30)21-40)31-20-27(38)13-17-32(31)41(35)46-28-14-10-22(11-15-28)36(39)45/h3-20,36H,45H2,1-2H3. The van der Waals surface area contributed by atoms with Crippen LogP contribution in [0.4, 0.5) is 8.78 Å². The van der Waals surface area contributed by atoms with Gasteiger partial charge in [-0.2, -0.15) is 5.26 Å². The molecule has 6 rings (SSSR count). The molecule has 0 aliphatic rings. The van der Waals surface area contributed by atoms with Gasteiger partial charge >= 0.3 is 5.97 Å². The van der Waals surface area contributed by atoms with E-state index in [1.165, 1.54) is 38.3 Å². The zero-order chi connectivity index (χ0) is 32.4. The number of aromatic nitrogens is 1. The molecule has 5 aromatic carbocycles. The highest BCUT2D eigenvalue weighted by Crippen LogP contribution is 2.46. The summed E-state index contributed by atoms with van der Waals surface area (Å²) in [6, 6.07) is 34.3. The number of nitriles is 1. The van der Waals surface area contributed by atoms with Gasteiger partial charge < -0.3 is 9.47 Å². The number of nitrogens with zero attached hydrogens (tertiary/aromatic N) is 2. The van der Waals surface area contributed by atoms with E-state index in [1.807, 2.05) is 58.6 Å². The summed E-state index contributed by atoms with van der Waals surface area (Å²) in [5.41, 5.74) is 6.59. The number of rotatable bonds is 8. The molecule has 6 aromatic rings. The van der Waals surface area contributed by atoms with Crippen molar-refractivity contribution in [3.8, 4) is 45.3 Å². The molecule has 0 fully saturated rings. The summed E-state index contributed by atoms with van der Waals surface area (Å²) in [5, 5.41) is 10.7. The number of methoxy groups -OCH3 is 2. The SMILES string of the molecule is COC(=O)c1ccc(-c2cccc(-c3c(-c4ccccc4C#N)c4cc(F)ccc4n3Sc3ccc(C(F)P)cc3)c2)c(OC)c1. The molecule has 1 heterocycles. The molecule has 0 amide bonds. The van der Waals surface area contributed by atoms with Gasteiger partial charge in [0.25, 0.3) is 0 Å². The van der Waals surface area contributed by atoms with Crippen molar-refractivity contribution >= 4 is 38.1 Å². The van der Waals surface area contributed by atoms with Crippen molar-refractivity contribution in [2.75, 3.05) is 14.2 Å². The summed E-state index contributed by atoms with van der Waals surface area (Å²) in [7, 11) is 5.02. The van der Waals surface area contributed by atoms with Crippen LogP contribution in [-0.4, -0.2) is 24.2 Å². The summed E-state index contributed by atoms with van der Waals surface area (Å²) >= 11 is 1.42. The molecule has 0 bridgehead atoms. The molecule has 0 saturated carbocycles. The van der Waals surface area contributed by atoms with Gasteiger partial charge in [0.2, 0.25) is 0 Å². The van der Waals surface area contributed by atoms with Crippen molar-refractivity contribution in [1.82, 2.24) is 3.97 Å². The molecule has 0 aliphatic carbocycles. The van der Waals surface area contributed by atoms with E-state index in [-0.39, 0.29) is 0 Å². The lowest BCUT2D eigenvalue weighted by Gasteiger charge is -2.15. The van der Waals surface area contributed by atoms with E-state index in [9.17, 15) is 18.8 Å². The number of fused-ring (bicyclic) bond motifs is 1. The normalized spacial score (nSPS) is 11.7. The number of carbonyl (C=O) groups is 1. The average molecular weight is 649 g/mol. The summed E-state index contributed by atoms with van der Waals surface area (Å²) < 4.78 is 41.5. The molecule has 5 nitrogen and oxygen atoms in total. The molecular formula is C37H27F2N2O3PS. The lowest BCUT2D eigenvalue weighted by Crippen LogP contribution is -2.02. The molecule has 2 atom stereocenters. The number of benzene rings is 5. The number of halogens is 2. The summed E-state index contributed by atoms with van der Waals surface area (Å²) in [6.45, 7) is 0. The smallest absolute Gasteiger partial charge is 0.337 e. The Hall–Kier alpha value is -4.96. The van der Waals surface area contributed by atoms with Crippen molar-refractivity contribution in [1.29, 1.82) is 5.26 Å².